The summed E-state index contributed by atoms with van der Waals surface area (Å²) >= 11 is 0. The van der Waals surface area contributed by atoms with Gasteiger partial charge in [0.25, 0.3) is 0 Å². The number of fused-ring (bicyclic) bond motifs is 5. The molecule has 0 fully saturated rings. The third-order valence-electron chi connectivity index (χ3n) is 4.66. The minimum atomic E-state index is -0.475. The van der Waals surface area contributed by atoms with Crippen molar-refractivity contribution in [1.82, 2.24) is 4.57 Å². The fraction of sp³-hybridized carbons (Fsp3) is 0.278. The van der Waals surface area contributed by atoms with E-state index in [0.717, 1.165) is 17.5 Å². The molecule has 5 heteroatoms. The lowest BCUT2D eigenvalue weighted by Gasteiger charge is -2.13. The van der Waals surface area contributed by atoms with Gasteiger partial charge in [-0.15, -0.1) is 0 Å². The van der Waals surface area contributed by atoms with Gasteiger partial charge >= 0.3 is 5.97 Å². The van der Waals surface area contributed by atoms with E-state index in [0.29, 0.717) is 11.3 Å². The Labute approximate surface area is 133 Å². The summed E-state index contributed by atoms with van der Waals surface area (Å²) in [7, 11) is 0. The molecular weight excluding hydrogens is 294 g/mol. The highest BCUT2D eigenvalue weighted by Gasteiger charge is 2.41. The Morgan fingerprint density at radius 2 is 1.78 bits per heavy atom. The van der Waals surface area contributed by atoms with Crippen LogP contribution in [-0.2, 0) is 4.74 Å². The number of benzene rings is 1. The van der Waals surface area contributed by atoms with Crippen LogP contribution in [-0.4, -0.2) is 27.4 Å². The van der Waals surface area contributed by atoms with Gasteiger partial charge in [0.1, 0.15) is 0 Å². The van der Waals surface area contributed by atoms with E-state index in [4.69, 9.17) is 4.74 Å². The van der Waals surface area contributed by atoms with E-state index in [1.54, 1.807) is 31.2 Å². The first-order chi connectivity index (χ1) is 11.1. The molecule has 0 radical (unpaired) electrons. The highest BCUT2D eigenvalue weighted by atomic mass is 16.5. The van der Waals surface area contributed by atoms with Gasteiger partial charge in [0.15, 0.2) is 0 Å². The van der Waals surface area contributed by atoms with Crippen molar-refractivity contribution in [3.63, 3.8) is 0 Å². The molecule has 0 saturated heterocycles. The molecule has 0 amide bonds. The maximum absolute atomic E-state index is 12.2. The first-order valence-electron chi connectivity index (χ1n) is 7.74. The quantitative estimate of drug-likeness (QED) is 0.674. The number of carbonyl (C=O) groups excluding carboxylic acids is 1. The summed E-state index contributed by atoms with van der Waals surface area (Å²) in [5, 5.41) is 21.3. The summed E-state index contributed by atoms with van der Waals surface area (Å²) in [5.74, 6) is -0.192. The molecule has 5 nitrogen and oxygen atoms in total. The number of nitrogens with zero attached hydrogens (tertiary/aromatic N) is 1. The van der Waals surface area contributed by atoms with Gasteiger partial charge in [0.2, 0.25) is 11.8 Å². The van der Waals surface area contributed by atoms with E-state index in [2.05, 4.69) is 12.2 Å². The highest BCUT2D eigenvalue weighted by Crippen LogP contribution is 2.57. The van der Waals surface area contributed by atoms with Gasteiger partial charge in [-0.25, -0.2) is 4.79 Å². The number of allylic oxidation sites excluding steroid dienone is 2. The molecule has 1 aromatic heterocycles. The molecule has 2 aromatic rings. The Morgan fingerprint density at radius 3 is 2.39 bits per heavy atom. The topological polar surface area (TPSA) is 71.7 Å². The lowest BCUT2D eigenvalue weighted by molar-refractivity contribution is 0.0526. The molecule has 2 N–H and O–H groups in total. The fourth-order valence-electron chi connectivity index (χ4n) is 3.72. The number of rotatable bonds is 3. The second-order valence-electron chi connectivity index (χ2n) is 5.88. The molecule has 2 aliphatic rings. The van der Waals surface area contributed by atoms with Gasteiger partial charge in [-0.05, 0) is 25.5 Å². The maximum Gasteiger partial charge on any atom is 0.340 e. The van der Waals surface area contributed by atoms with Crippen molar-refractivity contribution in [3.05, 3.63) is 53.1 Å². The van der Waals surface area contributed by atoms with E-state index in [-0.39, 0.29) is 30.2 Å². The smallest absolute Gasteiger partial charge is 0.340 e. The Hall–Kier alpha value is -2.69. The molecule has 0 spiro atoms. The predicted octanol–water partition coefficient (Wildman–Crippen LogP) is 3.21. The highest BCUT2D eigenvalue weighted by molar-refractivity contribution is 5.94. The fourth-order valence-corrected chi connectivity index (χ4v) is 3.72. The van der Waals surface area contributed by atoms with Gasteiger partial charge in [-0.1, -0.05) is 24.3 Å². The summed E-state index contributed by atoms with van der Waals surface area (Å²) < 4.78 is 6.42. The number of ether oxygens (including phenoxy) is 1. The molecule has 2 bridgehead atoms. The maximum atomic E-state index is 12.2. The van der Waals surface area contributed by atoms with Crippen LogP contribution in [0.2, 0.25) is 0 Å². The van der Waals surface area contributed by atoms with Gasteiger partial charge < -0.3 is 14.9 Å². The average Bonchev–Trinajstić information content (AvgIpc) is 3.22. The summed E-state index contributed by atoms with van der Waals surface area (Å²) in [5.41, 5.74) is 2.28. The summed E-state index contributed by atoms with van der Waals surface area (Å²) in [4.78, 5) is 12.2. The average molecular weight is 311 g/mol. The van der Waals surface area contributed by atoms with Crippen LogP contribution in [0.1, 0.15) is 46.7 Å². The van der Waals surface area contributed by atoms with Crippen molar-refractivity contribution in [2.24, 2.45) is 0 Å². The SMILES string of the molecule is CCOC(=O)c1ccccc1-n1c(O)c2c(c1O)C1C=CC2C1. The number of hydrogen-bond acceptors (Lipinski definition) is 4. The van der Waals surface area contributed by atoms with Crippen LogP contribution < -0.4 is 0 Å². The second kappa shape index (κ2) is 4.91. The Kier molecular flexibility index (Phi) is 2.98. The number of aromatic hydroxyl groups is 2. The molecule has 2 unspecified atom stereocenters. The number of hydrogen-bond donors (Lipinski definition) is 2. The zero-order chi connectivity index (χ0) is 16.1. The molecular formula is C18H17NO4. The van der Waals surface area contributed by atoms with Gasteiger partial charge in [-0.2, -0.15) is 0 Å². The first kappa shape index (κ1) is 13.9. The number of para-hydroxylation sites is 1. The number of esters is 1. The lowest BCUT2D eigenvalue weighted by Crippen LogP contribution is -2.09. The van der Waals surface area contributed by atoms with E-state index < -0.39 is 5.97 Å². The third kappa shape index (κ3) is 1.82. The molecule has 0 aliphatic heterocycles. The van der Waals surface area contributed by atoms with Crippen molar-refractivity contribution < 1.29 is 19.7 Å². The Morgan fingerprint density at radius 1 is 1.17 bits per heavy atom. The molecule has 2 atom stereocenters. The number of aromatic nitrogens is 1. The van der Waals surface area contributed by atoms with Crippen LogP contribution in [0.15, 0.2) is 36.4 Å². The summed E-state index contributed by atoms with van der Waals surface area (Å²) in [6, 6.07) is 6.81. The Balaban J connectivity index is 1.90. The molecule has 23 heavy (non-hydrogen) atoms. The van der Waals surface area contributed by atoms with E-state index in [9.17, 15) is 15.0 Å². The van der Waals surface area contributed by atoms with Crippen LogP contribution in [0.5, 0.6) is 11.8 Å². The van der Waals surface area contributed by atoms with E-state index >= 15 is 0 Å². The molecule has 1 aromatic carbocycles. The first-order valence-corrected chi connectivity index (χ1v) is 7.74. The second-order valence-corrected chi connectivity index (χ2v) is 5.88. The van der Waals surface area contributed by atoms with Crippen LogP contribution in [0, 0.1) is 0 Å². The summed E-state index contributed by atoms with van der Waals surface area (Å²) in [6.45, 7) is 2.00. The predicted molar refractivity (Wildman–Crippen MR) is 84.3 cm³/mol. The van der Waals surface area contributed by atoms with Crippen LogP contribution >= 0.6 is 0 Å². The molecule has 0 saturated carbocycles. The monoisotopic (exact) mass is 311 g/mol. The molecule has 4 rings (SSSR count). The van der Waals surface area contributed by atoms with Gasteiger partial charge in [0.05, 0.1) is 17.9 Å². The van der Waals surface area contributed by atoms with Gasteiger partial charge in [-0.3, -0.25) is 4.57 Å². The van der Waals surface area contributed by atoms with Crippen molar-refractivity contribution >= 4 is 5.97 Å². The zero-order valence-electron chi connectivity index (χ0n) is 12.7. The summed E-state index contributed by atoms with van der Waals surface area (Å²) in [6.07, 6.45) is 5.02. The van der Waals surface area contributed by atoms with Crippen LogP contribution in [0.4, 0.5) is 0 Å². The zero-order valence-corrected chi connectivity index (χ0v) is 12.7. The van der Waals surface area contributed by atoms with Crippen molar-refractivity contribution in [1.29, 1.82) is 0 Å². The van der Waals surface area contributed by atoms with E-state index in [1.165, 1.54) is 4.57 Å². The standard InChI is InChI=1S/C18H17NO4/c1-2-23-18(22)12-5-3-4-6-13(12)19-16(20)14-10-7-8-11(9-10)15(14)17(19)21/h3-8,10-11,20-21H,2,9H2,1H3. The van der Waals surface area contributed by atoms with Crippen molar-refractivity contribution in [2.75, 3.05) is 6.61 Å². The number of carbonyl (C=O) groups is 1. The minimum Gasteiger partial charge on any atom is -0.494 e. The lowest BCUT2D eigenvalue weighted by atomic mass is 10.0. The largest absolute Gasteiger partial charge is 0.494 e. The van der Waals surface area contributed by atoms with Crippen molar-refractivity contribution in [2.45, 2.75) is 25.2 Å². The van der Waals surface area contributed by atoms with E-state index in [1.807, 2.05) is 0 Å². The Bertz CT molecular complexity index is 798. The van der Waals surface area contributed by atoms with Crippen molar-refractivity contribution in [3.8, 4) is 17.4 Å². The molecule has 1 heterocycles. The van der Waals surface area contributed by atoms with Gasteiger partial charge in [0, 0.05) is 23.0 Å². The minimum absolute atomic E-state index is 0.00565. The van der Waals surface area contributed by atoms with Crippen LogP contribution in [0.25, 0.3) is 5.69 Å². The third-order valence-corrected chi connectivity index (χ3v) is 4.66. The normalized spacial score (nSPS) is 20.7. The van der Waals surface area contributed by atoms with Crippen LogP contribution in [0.3, 0.4) is 0 Å². The molecule has 118 valence electrons. The molecule has 2 aliphatic carbocycles.